The maximum absolute atomic E-state index is 12.9. The molecule has 4 aromatic rings. The second-order valence-corrected chi connectivity index (χ2v) is 8.83. The normalized spacial score (nSPS) is 12.4. The van der Waals surface area contributed by atoms with Crippen molar-refractivity contribution in [2.75, 3.05) is 0 Å². The van der Waals surface area contributed by atoms with E-state index in [1.165, 1.54) is 5.56 Å². The minimum absolute atomic E-state index is 0.0397. The number of fused-ring (bicyclic) bond motifs is 1. The zero-order valence-corrected chi connectivity index (χ0v) is 18.1. The Morgan fingerprint density at radius 3 is 2.59 bits per heavy atom. The summed E-state index contributed by atoms with van der Waals surface area (Å²) in [6.07, 6.45) is 0. The fourth-order valence-electron chi connectivity index (χ4n) is 3.50. The van der Waals surface area contributed by atoms with E-state index in [2.05, 4.69) is 41.5 Å². The summed E-state index contributed by atoms with van der Waals surface area (Å²) in [6, 6.07) is 16.0. The zero-order chi connectivity index (χ0) is 20.5. The van der Waals surface area contributed by atoms with E-state index in [1.54, 1.807) is 11.3 Å². The molecule has 148 valence electrons. The number of thiophene rings is 1. The second-order valence-electron chi connectivity index (χ2n) is 7.22. The first kappa shape index (κ1) is 19.8. The third-order valence-corrected chi connectivity index (χ3v) is 6.42. The van der Waals surface area contributed by atoms with Crippen molar-refractivity contribution in [2.24, 2.45) is 0 Å². The van der Waals surface area contributed by atoms with Crippen molar-refractivity contribution in [1.29, 1.82) is 0 Å². The molecule has 1 atom stereocenters. The first-order chi connectivity index (χ1) is 13.9. The van der Waals surface area contributed by atoms with Gasteiger partial charge in [0.05, 0.1) is 11.9 Å². The summed E-state index contributed by atoms with van der Waals surface area (Å²) in [5.41, 5.74) is 4.13. The van der Waals surface area contributed by atoms with Gasteiger partial charge in [-0.15, -0.1) is 11.3 Å². The van der Waals surface area contributed by atoms with E-state index in [1.807, 2.05) is 38.1 Å². The van der Waals surface area contributed by atoms with Crippen LogP contribution in [0.15, 0.2) is 53.3 Å². The highest BCUT2D eigenvalue weighted by atomic mass is 35.5. The predicted molar refractivity (Wildman–Crippen MR) is 122 cm³/mol. The molecule has 0 spiro atoms. The summed E-state index contributed by atoms with van der Waals surface area (Å²) in [4.78, 5) is 22.4. The van der Waals surface area contributed by atoms with E-state index in [-0.39, 0.29) is 11.6 Å². The van der Waals surface area contributed by atoms with Gasteiger partial charge >= 0.3 is 0 Å². The minimum Gasteiger partial charge on any atom is -0.309 e. The molecule has 2 heterocycles. The Bertz CT molecular complexity index is 1230. The molecular weight excluding hydrogens is 402 g/mol. The van der Waals surface area contributed by atoms with Crippen LogP contribution in [0, 0.1) is 13.8 Å². The molecule has 0 aliphatic heterocycles. The number of H-pyrrole nitrogens is 1. The zero-order valence-electron chi connectivity index (χ0n) is 16.5. The fraction of sp³-hybridized carbons (Fsp3) is 0.217. The van der Waals surface area contributed by atoms with Gasteiger partial charge in [-0.2, -0.15) is 0 Å². The van der Waals surface area contributed by atoms with Crippen LogP contribution in [0.5, 0.6) is 0 Å². The molecule has 0 aliphatic carbocycles. The van der Waals surface area contributed by atoms with Crippen LogP contribution in [-0.2, 0) is 6.54 Å². The summed E-state index contributed by atoms with van der Waals surface area (Å²) < 4.78 is 0. The number of hydrogen-bond donors (Lipinski definition) is 2. The number of aromatic amines is 1. The minimum atomic E-state index is -0.0999. The summed E-state index contributed by atoms with van der Waals surface area (Å²) in [7, 11) is 0. The lowest BCUT2D eigenvalue weighted by Gasteiger charge is -2.15. The van der Waals surface area contributed by atoms with Gasteiger partial charge in [0.1, 0.15) is 10.7 Å². The molecule has 0 saturated carbocycles. The molecule has 0 bridgehead atoms. The van der Waals surface area contributed by atoms with Gasteiger partial charge in [-0.25, -0.2) is 4.98 Å². The maximum Gasteiger partial charge on any atom is 0.260 e. The molecule has 29 heavy (non-hydrogen) atoms. The predicted octanol–water partition coefficient (Wildman–Crippen LogP) is 5.77. The Balaban J connectivity index is 1.64. The quantitative estimate of drug-likeness (QED) is 0.428. The van der Waals surface area contributed by atoms with Crippen LogP contribution in [0.3, 0.4) is 0 Å². The van der Waals surface area contributed by atoms with Crippen molar-refractivity contribution in [3.63, 3.8) is 0 Å². The number of benzene rings is 2. The van der Waals surface area contributed by atoms with Crippen LogP contribution in [0.1, 0.15) is 34.8 Å². The number of nitrogens with one attached hydrogen (secondary N) is 2. The van der Waals surface area contributed by atoms with E-state index in [0.717, 1.165) is 31.4 Å². The lowest BCUT2D eigenvalue weighted by molar-refractivity contribution is 0.560. The number of rotatable bonds is 5. The topological polar surface area (TPSA) is 57.8 Å². The highest BCUT2D eigenvalue weighted by Gasteiger charge is 2.17. The lowest BCUT2D eigenvalue weighted by atomic mass is 10.0. The molecule has 2 N–H and O–H groups in total. The lowest BCUT2D eigenvalue weighted by Crippen LogP contribution is -2.22. The van der Waals surface area contributed by atoms with E-state index in [0.29, 0.717) is 17.8 Å². The van der Waals surface area contributed by atoms with Crippen molar-refractivity contribution < 1.29 is 0 Å². The molecule has 0 aliphatic rings. The number of halogens is 1. The van der Waals surface area contributed by atoms with Crippen LogP contribution < -0.4 is 10.9 Å². The van der Waals surface area contributed by atoms with Gasteiger partial charge in [-0.1, -0.05) is 59.6 Å². The smallest absolute Gasteiger partial charge is 0.260 e. The Kier molecular flexibility index (Phi) is 5.54. The van der Waals surface area contributed by atoms with E-state index < -0.39 is 0 Å². The van der Waals surface area contributed by atoms with E-state index in [9.17, 15) is 4.79 Å². The van der Waals surface area contributed by atoms with Crippen molar-refractivity contribution in [3.8, 4) is 11.1 Å². The third kappa shape index (κ3) is 3.99. The second kappa shape index (κ2) is 8.11. The highest BCUT2D eigenvalue weighted by Crippen LogP contribution is 2.35. The number of nitrogens with zero attached hydrogens (tertiary/aromatic N) is 1. The first-order valence-corrected chi connectivity index (χ1v) is 10.7. The number of aromatic nitrogens is 2. The molecule has 4 rings (SSSR count). The standard InChI is InChI=1S/C23H22ClN3OS/c1-13-8-10-16(11-9-13)20-15(3)29-23-21(20)22(28)26-19(27-23)12-25-14(2)17-6-4-5-7-18(17)24/h4-11,14,25H,12H2,1-3H3,(H,26,27,28)/t14-/m0/s1. The van der Waals surface area contributed by atoms with Crippen molar-refractivity contribution >= 4 is 33.2 Å². The van der Waals surface area contributed by atoms with Gasteiger partial charge < -0.3 is 10.3 Å². The summed E-state index contributed by atoms with van der Waals surface area (Å²) >= 11 is 7.84. The van der Waals surface area contributed by atoms with Gasteiger partial charge in [0.2, 0.25) is 0 Å². The first-order valence-electron chi connectivity index (χ1n) is 9.51. The van der Waals surface area contributed by atoms with Gasteiger partial charge in [-0.3, -0.25) is 4.79 Å². The fourth-order valence-corrected chi connectivity index (χ4v) is 4.87. The van der Waals surface area contributed by atoms with Crippen LogP contribution in [0.2, 0.25) is 5.02 Å². The molecule has 0 unspecified atom stereocenters. The molecule has 0 fully saturated rings. The molecule has 0 radical (unpaired) electrons. The Hall–Kier alpha value is -2.47. The van der Waals surface area contributed by atoms with Gasteiger partial charge in [0, 0.05) is 21.5 Å². The SMILES string of the molecule is Cc1ccc(-c2c(C)sc3nc(CN[C@@H](C)c4ccccc4Cl)[nH]c(=O)c23)cc1. The molecule has 0 amide bonds. The number of hydrogen-bond acceptors (Lipinski definition) is 4. The maximum atomic E-state index is 12.9. The molecule has 2 aromatic heterocycles. The summed E-state index contributed by atoms with van der Waals surface area (Å²) in [5, 5.41) is 4.78. The van der Waals surface area contributed by atoms with Crippen LogP contribution >= 0.6 is 22.9 Å². The molecule has 6 heteroatoms. The van der Waals surface area contributed by atoms with Gasteiger partial charge in [0.15, 0.2) is 0 Å². The van der Waals surface area contributed by atoms with E-state index >= 15 is 0 Å². The average Bonchev–Trinajstić information content (AvgIpc) is 3.03. The molecule has 0 saturated heterocycles. The Labute approximate surface area is 178 Å². The average molecular weight is 424 g/mol. The monoisotopic (exact) mass is 423 g/mol. The summed E-state index contributed by atoms with van der Waals surface area (Å²) in [6.45, 7) is 6.59. The number of aryl methyl sites for hydroxylation is 2. The Morgan fingerprint density at radius 2 is 1.86 bits per heavy atom. The van der Waals surface area contributed by atoms with Crippen LogP contribution in [-0.4, -0.2) is 9.97 Å². The van der Waals surface area contributed by atoms with E-state index in [4.69, 9.17) is 16.6 Å². The molecule has 2 aromatic carbocycles. The van der Waals surface area contributed by atoms with Crippen LogP contribution in [0.25, 0.3) is 21.3 Å². The highest BCUT2D eigenvalue weighted by molar-refractivity contribution is 7.19. The van der Waals surface area contributed by atoms with Crippen molar-refractivity contribution in [1.82, 2.24) is 15.3 Å². The van der Waals surface area contributed by atoms with Crippen molar-refractivity contribution in [3.05, 3.63) is 85.7 Å². The van der Waals surface area contributed by atoms with Crippen LogP contribution in [0.4, 0.5) is 0 Å². The molecular formula is C23H22ClN3OS. The third-order valence-electron chi connectivity index (χ3n) is 5.07. The van der Waals surface area contributed by atoms with Crippen molar-refractivity contribution in [2.45, 2.75) is 33.4 Å². The van der Waals surface area contributed by atoms with Gasteiger partial charge in [-0.05, 0) is 38.0 Å². The van der Waals surface area contributed by atoms with Gasteiger partial charge in [0.25, 0.3) is 5.56 Å². The Morgan fingerprint density at radius 1 is 1.14 bits per heavy atom. The molecule has 4 nitrogen and oxygen atoms in total. The summed E-state index contributed by atoms with van der Waals surface area (Å²) in [5.74, 6) is 0.623. The largest absolute Gasteiger partial charge is 0.309 e.